The molecule has 94 valence electrons. The Hall–Kier alpha value is -2.36. The van der Waals surface area contributed by atoms with Gasteiger partial charge in [0.25, 0.3) is 5.65 Å². The standard InChI is InChI=1S/C15H13N3O/c1-17-8-13(19)18-9-16-14-11-5-3-2-4-10(11)6-7-12(14)15(17)18/h2-5,8-9H,6-7H2,1H3. The molecule has 0 amide bonds. The Morgan fingerprint density at radius 2 is 2.11 bits per heavy atom. The number of imidazole rings is 1. The molecule has 0 radical (unpaired) electrons. The minimum Gasteiger partial charge on any atom is -0.839 e. The van der Waals surface area contributed by atoms with Gasteiger partial charge in [-0.05, 0) is 18.4 Å². The van der Waals surface area contributed by atoms with E-state index in [2.05, 4.69) is 23.2 Å². The predicted octanol–water partition coefficient (Wildman–Crippen LogP) is 0.998. The summed E-state index contributed by atoms with van der Waals surface area (Å²) < 4.78 is 3.53. The summed E-state index contributed by atoms with van der Waals surface area (Å²) in [4.78, 5) is 4.51. The minimum atomic E-state index is -0.0216. The van der Waals surface area contributed by atoms with Crippen LogP contribution in [0, 0.1) is 0 Å². The second-order valence-electron chi connectivity index (χ2n) is 5.00. The van der Waals surface area contributed by atoms with Crippen molar-refractivity contribution in [2.75, 3.05) is 0 Å². The van der Waals surface area contributed by atoms with Crippen LogP contribution in [0.3, 0.4) is 0 Å². The Bertz CT molecular complexity index is 805. The van der Waals surface area contributed by atoms with E-state index in [1.165, 1.54) is 16.7 Å². The zero-order valence-electron chi connectivity index (χ0n) is 10.6. The third-order valence-electron chi connectivity index (χ3n) is 3.88. The van der Waals surface area contributed by atoms with E-state index < -0.39 is 0 Å². The molecule has 2 aromatic heterocycles. The molecule has 19 heavy (non-hydrogen) atoms. The maximum atomic E-state index is 11.8. The molecule has 1 aromatic carbocycles. The predicted molar refractivity (Wildman–Crippen MR) is 68.7 cm³/mol. The van der Waals surface area contributed by atoms with Crippen molar-refractivity contribution in [3.63, 3.8) is 0 Å². The molecule has 0 spiro atoms. The first kappa shape index (κ1) is 10.6. The van der Waals surface area contributed by atoms with E-state index in [4.69, 9.17) is 0 Å². The van der Waals surface area contributed by atoms with Gasteiger partial charge in [-0.15, -0.1) is 0 Å². The lowest BCUT2D eigenvalue weighted by Crippen LogP contribution is -2.28. The third kappa shape index (κ3) is 1.34. The van der Waals surface area contributed by atoms with Gasteiger partial charge >= 0.3 is 0 Å². The Balaban J connectivity index is 2.11. The zero-order valence-corrected chi connectivity index (χ0v) is 10.6. The highest BCUT2D eigenvalue weighted by molar-refractivity contribution is 5.73. The van der Waals surface area contributed by atoms with Crippen molar-refractivity contribution in [2.24, 2.45) is 7.05 Å². The SMILES string of the molecule is C[n+]1cc([O-])n2cnc3c(c21)CCc1ccccc1-3. The summed E-state index contributed by atoms with van der Waals surface area (Å²) in [6.07, 6.45) is 5.18. The first-order valence-electron chi connectivity index (χ1n) is 6.39. The number of aromatic nitrogens is 3. The molecule has 2 heterocycles. The fourth-order valence-electron chi connectivity index (χ4n) is 3.02. The van der Waals surface area contributed by atoms with Gasteiger partial charge in [-0.1, -0.05) is 24.3 Å². The van der Waals surface area contributed by atoms with Crippen molar-refractivity contribution in [1.29, 1.82) is 0 Å². The van der Waals surface area contributed by atoms with E-state index in [-0.39, 0.29) is 5.88 Å². The van der Waals surface area contributed by atoms with E-state index >= 15 is 0 Å². The molecule has 0 fully saturated rings. The number of aryl methyl sites for hydroxylation is 3. The Labute approximate surface area is 110 Å². The monoisotopic (exact) mass is 251 g/mol. The highest BCUT2D eigenvalue weighted by Crippen LogP contribution is 2.33. The average molecular weight is 251 g/mol. The first-order valence-corrected chi connectivity index (χ1v) is 6.39. The summed E-state index contributed by atoms with van der Waals surface area (Å²) in [6, 6.07) is 8.37. The summed E-state index contributed by atoms with van der Waals surface area (Å²) >= 11 is 0. The number of rotatable bonds is 0. The maximum absolute atomic E-state index is 11.8. The van der Waals surface area contributed by atoms with Gasteiger partial charge in [0.05, 0.1) is 18.3 Å². The fraction of sp³-hybridized carbons (Fsp3) is 0.200. The van der Waals surface area contributed by atoms with Crippen LogP contribution in [-0.4, -0.2) is 9.38 Å². The van der Waals surface area contributed by atoms with Crippen molar-refractivity contribution in [2.45, 2.75) is 12.8 Å². The molecule has 4 rings (SSSR count). The number of hydrogen-bond donors (Lipinski definition) is 0. The largest absolute Gasteiger partial charge is 0.839 e. The molecule has 1 aliphatic carbocycles. The van der Waals surface area contributed by atoms with Gasteiger partial charge in [0.15, 0.2) is 6.33 Å². The topological polar surface area (TPSA) is 44.2 Å². The number of hydrogen-bond acceptors (Lipinski definition) is 2. The lowest BCUT2D eigenvalue weighted by molar-refractivity contribution is -0.646. The van der Waals surface area contributed by atoms with Crippen LogP contribution >= 0.6 is 0 Å². The van der Waals surface area contributed by atoms with Crippen LogP contribution in [-0.2, 0) is 19.9 Å². The number of fused-ring (bicyclic) bond motifs is 5. The Kier molecular flexibility index (Phi) is 1.98. The summed E-state index contributed by atoms with van der Waals surface area (Å²) in [7, 11) is 1.91. The molecule has 0 atom stereocenters. The molecule has 0 saturated carbocycles. The van der Waals surface area contributed by atoms with Crippen LogP contribution in [0.4, 0.5) is 0 Å². The summed E-state index contributed by atoms with van der Waals surface area (Å²) in [5.74, 6) is -0.0216. The quantitative estimate of drug-likeness (QED) is 0.559. The number of benzene rings is 1. The second kappa shape index (κ2) is 3.57. The van der Waals surface area contributed by atoms with Crippen LogP contribution in [0.15, 0.2) is 36.8 Å². The van der Waals surface area contributed by atoms with E-state index in [0.717, 1.165) is 24.2 Å². The maximum Gasteiger partial charge on any atom is 0.292 e. The van der Waals surface area contributed by atoms with Crippen LogP contribution in [0.5, 0.6) is 5.88 Å². The summed E-state index contributed by atoms with van der Waals surface area (Å²) in [5, 5.41) is 11.8. The molecule has 0 aliphatic heterocycles. The smallest absolute Gasteiger partial charge is 0.292 e. The van der Waals surface area contributed by atoms with Gasteiger partial charge < -0.3 is 5.11 Å². The molecule has 0 saturated heterocycles. The van der Waals surface area contributed by atoms with Crippen LogP contribution < -0.4 is 9.67 Å². The number of nitrogens with zero attached hydrogens (tertiary/aromatic N) is 3. The molecule has 0 bridgehead atoms. The van der Waals surface area contributed by atoms with Crippen LogP contribution in [0.25, 0.3) is 16.9 Å². The Morgan fingerprint density at radius 3 is 3.00 bits per heavy atom. The second-order valence-corrected chi connectivity index (χ2v) is 5.00. The zero-order chi connectivity index (χ0) is 13.0. The van der Waals surface area contributed by atoms with E-state index in [0.29, 0.717) is 0 Å². The van der Waals surface area contributed by atoms with Gasteiger partial charge in [0.2, 0.25) is 0 Å². The van der Waals surface area contributed by atoms with Gasteiger partial charge in [-0.3, -0.25) is 0 Å². The van der Waals surface area contributed by atoms with Gasteiger partial charge in [0.1, 0.15) is 12.1 Å². The van der Waals surface area contributed by atoms with E-state index in [1.807, 2.05) is 17.7 Å². The fourth-order valence-corrected chi connectivity index (χ4v) is 3.02. The molecule has 3 aromatic rings. The molecule has 4 nitrogen and oxygen atoms in total. The van der Waals surface area contributed by atoms with Gasteiger partial charge in [-0.2, -0.15) is 4.40 Å². The van der Waals surface area contributed by atoms with Crippen molar-refractivity contribution < 1.29 is 9.67 Å². The molecular weight excluding hydrogens is 238 g/mol. The van der Waals surface area contributed by atoms with Crippen molar-refractivity contribution in [1.82, 2.24) is 9.38 Å². The van der Waals surface area contributed by atoms with Crippen LogP contribution in [0.2, 0.25) is 0 Å². The molecule has 4 heteroatoms. The normalized spacial score (nSPS) is 13.3. The molecule has 1 aliphatic rings. The van der Waals surface area contributed by atoms with E-state index in [1.54, 1.807) is 16.9 Å². The third-order valence-corrected chi connectivity index (χ3v) is 3.88. The highest BCUT2D eigenvalue weighted by atomic mass is 16.3. The van der Waals surface area contributed by atoms with E-state index in [9.17, 15) is 5.11 Å². The van der Waals surface area contributed by atoms with Crippen molar-refractivity contribution >= 4 is 5.65 Å². The van der Waals surface area contributed by atoms with Crippen molar-refractivity contribution in [3.8, 4) is 17.1 Å². The Morgan fingerprint density at radius 1 is 1.26 bits per heavy atom. The highest BCUT2D eigenvalue weighted by Gasteiger charge is 2.24. The minimum absolute atomic E-state index is 0.0216. The lowest BCUT2D eigenvalue weighted by atomic mass is 9.89. The molecule has 0 N–H and O–H groups in total. The van der Waals surface area contributed by atoms with Gasteiger partial charge in [0, 0.05) is 5.56 Å². The summed E-state index contributed by atoms with van der Waals surface area (Å²) in [5.41, 5.74) is 5.68. The summed E-state index contributed by atoms with van der Waals surface area (Å²) in [6.45, 7) is 0. The van der Waals surface area contributed by atoms with Crippen molar-refractivity contribution in [3.05, 3.63) is 47.9 Å². The lowest BCUT2D eigenvalue weighted by Gasteiger charge is -2.17. The molecule has 0 unspecified atom stereocenters. The average Bonchev–Trinajstić information content (AvgIpc) is 2.74. The van der Waals surface area contributed by atoms with Gasteiger partial charge in [-0.25, -0.2) is 9.55 Å². The first-order chi connectivity index (χ1) is 9.25. The van der Waals surface area contributed by atoms with Crippen LogP contribution in [0.1, 0.15) is 11.1 Å². The molecular formula is C15H13N3O.